The highest BCUT2D eigenvalue weighted by molar-refractivity contribution is 6.33. The number of hydrogen-bond donors (Lipinski definition) is 2. The SMILES string of the molecule is CC/C(C)=N\Nc1cc(C(=O)O)ccc1Cl. The Labute approximate surface area is 98.9 Å². The number of rotatable bonds is 4. The van der Waals surface area contributed by atoms with Crippen LogP contribution >= 0.6 is 11.6 Å². The van der Waals surface area contributed by atoms with Crippen molar-refractivity contribution in [1.29, 1.82) is 0 Å². The second kappa shape index (κ2) is 5.51. The molecule has 0 saturated heterocycles. The zero-order valence-corrected chi connectivity index (χ0v) is 9.88. The van der Waals surface area contributed by atoms with Crippen molar-refractivity contribution < 1.29 is 9.90 Å². The number of hydrogen-bond acceptors (Lipinski definition) is 3. The van der Waals surface area contributed by atoms with Gasteiger partial charge in [0, 0.05) is 5.71 Å². The number of benzene rings is 1. The number of nitrogens with zero attached hydrogens (tertiary/aromatic N) is 1. The summed E-state index contributed by atoms with van der Waals surface area (Å²) in [6.45, 7) is 3.86. The van der Waals surface area contributed by atoms with Gasteiger partial charge in [0.1, 0.15) is 0 Å². The first-order valence-electron chi connectivity index (χ1n) is 4.86. The van der Waals surface area contributed by atoms with Crippen molar-refractivity contribution in [3.63, 3.8) is 0 Å². The zero-order valence-electron chi connectivity index (χ0n) is 9.12. The molecule has 4 nitrogen and oxygen atoms in total. The van der Waals surface area contributed by atoms with E-state index in [1.807, 2.05) is 13.8 Å². The monoisotopic (exact) mass is 240 g/mol. The van der Waals surface area contributed by atoms with E-state index in [9.17, 15) is 4.79 Å². The summed E-state index contributed by atoms with van der Waals surface area (Å²) in [5, 5.41) is 13.3. The van der Waals surface area contributed by atoms with Crippen molar-refractivity contribution in [3.05, 3.63) is 28.8 Å². The summed E-state index contributed by atoms with van der Waals surface area (Å²) in [7, 11) is 0. The minimum atomic E-state index is -0.990. The van der Waals surface area contributed by atoms with Crippen molar-refractivity contribution in [2.24, 2.45) is 5.10 Å². The average Bonchev–Trinajstić information content (AvgIpc) is 2.27. The average molecular weight is 241 g/mol. The zero-order chi connectivity index (χ0) is 12.1. The number of anilines is 1. The summed E-state index contributed by atoms with van der Waals surface area (Å²) in [5.41, 5.74) is 4.34. The lowest BCUT2D eigenvalue weighted by Crippen LogP contribution is -2.00. The van der Waals surface area contributed by atoms with E-state index < -0.39 is 5.97 Å². The standard InChI is InChI=1S/C11H13ClN2O2/c1-3-7(2)13-14-10-6-8(11(15)16)4-5-9(10)12/h4-6,14H,3H2,1-2H3,(H,15,16)/b13-7-. The molecule has 5 heteroatoms. The van der Waals surface area contributed by atoms with Crippen LogP contribution in [0.3, 0.4) is 0 Å². The van der Waals surface area contributed by atoms with E-state index in [1.165, 1.54) is 18.2 Å². The first-order chi connectivity index (χ1) is 7.54. The normalized spacial score (nSPS) is 11.3. The van der Waals surface area contributed by atoms with E-state index in [1.54, 1.807) is 0 Å². The van der Waals surface area contributed by atoms with Gasteiger partial charge in [0.15, 0.2) is 0 Å². The molecule has 1 aromatic carbocycles. The largest absolute Gasteiger partial charge is 0.478 e. The van der Waals surface area contributed by atoms with E-state index in [4.69, 9.17) is 16.7 Å². The molecule has 0 unspecified atom stereocenters. The lowest BCUT2D eigenvalue weighted by molar-refractivity contribution is 0.0697. The molecule has 0 aliphatic carbocycles. The maximum absolute atomic E-state index is 10.8. The van der Waals surface area contributed by atoms with Gasteiger partial charge in [-0.05, 0) is 31.5 Å². The van der Waals surface area contributed by atoms with Crippen LogP contribution in [-0.2, 0) is 0 Å². The van der Waals surface area contributed by atoms with Gasteiger partial charge in [0.25, 0.3) is 0 Å². The smallest absolute Gasteiger partial charge is 0.335 e. The van der Waals surface area contributed by atoms with E-state index >= 15 is 0 Å². The lowest BCUT2D eigenvalue weighted by Gasteiger charge is -2.05. The summed E-state index contributed by atoms with van der Waals surface area (Å²) >= 11 is 5.90. The Balaban J connectivity index is 2.94. The van der Waals surface area contributed by atoms with Gasteiger partial charge < -0.3 is 5.11 Å². The maximum atomic E-state index is 10.8. The third-order valence-electron chi connectivity index (χ3n) is 2.09. The second-order valence-electron chi connectivity index (χ2n) is 3.31. The molecule has 1 rings (SSSR count). The summed E-state index contributed by atoms with van der Waals surface area (Å²) in [6, 6.07) is 4.44. The van der Waals surface area contributed by atoms with Gasteiger partial charge in [0.05, 0.1) is 16.3 Å². The van der Waals surface area contributed by atoms with Crippen LogP contribution in [0.15, 0.2) is 23.3 Å². The molecule has 0 bridgehead atoms. The Bertz CT molecular complexity index is 430. The first-order valence-corrected chi connectivity index (χ1v) is 5.24. The van der Waals surface area contributed by atoms with Crippen molar-refractivity contribution in [2.75, 3.05) is 5.43 Å². The minimum absolute atomic E-state index is 0.177. The number of halogens is 1. The number of nitrogens with one attached hydrogen (secondary N) is 1. The molecule has 0 aliphatic rings. The Morgan fingerprint density at radius 3 is 2.81 bits per heavy atom. The molecule has 0 aromatic heterocycles. The van der Waals surface area contributed by atoms with Crippen LogP contribution in [-0.4, -0.2) is 16.8 Å². The molecule has 0 amide bonds. The van der Waals surface area contributed by atoms with Crippen molar-refractivity contribution in [2.45, 2.75) is 20.3 Å². The highest BCUT2D eigenvalue weighted by Crippen LogP contribution is 2.23. The Hall–Kier alpha value is -1.55. The van der Waals surface area contributed by atoms with Gasteiger partial charge in [-0.15, -0.1) is 0 Å². The number of aromatic carboxylic acids is 1. The fourth-order valence-corrected chi connectivity index (χ4v) is 1.14. The highest BCUT2D eigenvalue weighted by atomic mass is 35.5. The quantitative estimate of drug-likeness (QED) is 0.627. The third kappa shape index (κ3) is 3.24. The van der Waals surface area contributed by atoms with Crippen molar-refractivity contribution in [3.8, 4) is 0 Å². The molecule has 0 heterocycles. The fraction of sp³-hybridized carbons (Fsp3) is 0.273. The van der Waals surface area contributed by atoms with Crippen molar-refractivity contribution in [1.82, 2.24) is 0 Å². The Morgan fingerprint density at radius 2 is 2.25 bits per heavy atom. The predicted octanol–water partition coefficient (Wildman–Crippen LogP) is 3.24. The van der Waals surface area contributed by atoms with Gasteiger partial charge in [0.2, 0.25) is 0 Å². The van der Waals surface area contributed by atoms with Gasteiger partial charge in [-0.3, -0.25) is 5.43 Å². The number of carbonyl (C=O) groups is 1. The predicted molar refractivity (Wildman–Crippen MR) is 65.4 cm³/mol. The molecule has 86 valence electrons. The summed E-state index contributed by atoms with van der Waals surface area (Å²) in [4.78, 5) is 10.8. The van der Waals surface area contributed by atoms with Crippen LogP contribution in [0, 0.1) is 0 Å². The van der Waals surface area contributed by atoms with Crippen LogP contribution in [0.25, 0.3) is 0 Å². The third-order valence-corrected chi connectivity index (χ3v) is 2.42. The molecule has 2 N–H and O–H groups in total. The molecular weight excluding hydrogens is 228 g/mol. The first kappa shape index (κ1) is 12.5. The number of carboxylic acid groups (broad SMARTS) is 1. The fourth-order valence-electron chi connectivity index (χ4n) is 0.979. The molecule has 0 spiro atoms. The van der Waals surface area contributed by atoms with Crippen LogP contribution < -0.4 is 5.43 Å². The molecule has 1 aromatic rings. The van der Waals surface area contributed by atoms with Gasteiger partial charge in [-0.2, -0.15) is 5.10 Å². The second-order valence-corrected chi connectivity index (χ2v) is 3.72. The van der Waals surface area contributed by atoms with Crippen LogP contribution in [0.4, 0.5) is 5.69 Å². The molecule has 0 saturated carbocycles. The lowest BCUT2D eigenvalue weighted by atomic mass is 10.2. The van der Waals surface area contributed by atoms with Crippen LogP contribution in [0.1, 0.15) is 30.6 Å². The van der Waals surface area contributed by atoms with Gasteiger partial charge in [-0.1, -0.05) is 18.5 Å². The maximum Gasteiger partial charge on any atom is 0.335 e. The number of carboxylic acids is 1. The minimum Gasteiger partial charge on any atom is -0.478 e. The van der Waals surface area contributed by atoms with E-state index in [0.717, 1.165) is 12.1 Å². The molecule has 16 heavy (non-hydrogen) atoms. The number of hydrazone groups is 1. The summed E-state index contributed by atoms with van der Waals surface area (Å²) < 4.78 is 0. The Morgan fingerprint density at radius 1 is 1.56 bits per heavy atom. The molecule has 0 radical (unpaired) electrons. The summed E-state index contributed by atoms with van der Waals surface area (Å²) in [5.74, 6) is -0.990. The van der Waals surface area contributed by atoms with Gasteiger partial charge in [-0.25, -0.2) is 4.79 Å². The van der Waals surface area contributed by atoms with Crippen LogP contribution in [0.5, 0.6) is 0 Å². The molecule has 0 atom stereocenters. The van der Waals surface area contributed by atoms with E-state index in [0.29, 0.717) is 10.7 Å². The highest BCUT2D eigenvalue weighted by Gasteiger charge is 2.06. The Kier molecular flexibility index (Phi) is 4.31. The topological polar surface area (TPSA) is 61.7 Å². The van der Waals surface area contributed by atoms with Gasteiger partial charge >= 0.3 is 5.97 Å². The molecule has 0 aliphatic heterocycles. The van der Waals surface area contributed by atoms with Crippen molar-refractivity contribution >= 4 is 29.0 Å². The van der Waals surface area contributed by atoms with E-state index in [2.05, 4.69) is 10.5 Å². The summed E-state index contributed by atoms with van der Waals surface area (Å²) in [6.07, 6.45) is 0.823. The van der Waals surface area contributed by atoms with E-state index in [-0.39, 0.29) is 5.56 Å². The molecular formula is C11H13ClN2O2. The van der Waals surface area contributed by atoms with Crippen LogP contribution in [0.2, 0.25) is 5.02 Å². The molecule has 0 fully saturated rings.